The van der Waals surface area contributed by atoms with Crippen LogP contribution in [0, 0.1) is 11.8 Å². The Morgan fingerprint density at radius 3 is 1.67 bits per heavy atom. The van der Waals surface area contributed by atoms with Gasteiger partial charge in [-0.05, 0) is 64.5 Å². The van der Waals surface area contributed by atoms with Gasteiger partial charge in [0.25, 0.3) is 0 Å². The highest BCUT2D eigenvalue weighted by Crippen LogP contribution is 2.28. The molecule has 0 aromatic rings. The molecule has 3 fully saturated rings. The lowest BCUT2D eigenvalue weighted by atomic mass is 9.85. The lowest BCUT2D eigenvalue weighted by molar-refractivity contribution is -0.127. The zero-order valence-electron chi connectivity index (χ0n) is 14.5. The van der Waals surface area contributed by atoms with E-state index in [2.05, 4.69) is 16.0 Å². The Morgan fingerprint density at radius 1 is 0.667 bits per heavy atom. The van der Waals surface area contributed by atoms with Gasteiger partial charge in [-0.1, -0.05) is 12.8 Å². The highest BCUT2D eigenvalue weighted by Gasteiger charge is 2.30. The minimum absolute atomic E-state index is 0. The van der Waals surface area contributed by atoms with Gasteiger partial charge in [0.15, 0.2) is 0 Å². The van der Waals surface area contributed by atoms with Crippen LogP contribution in [0.5, 0.6) is 0 Å². The van der Waals surface area contributed by atoms with Crippen molar-refractivity contribution in [3.8, 4) is 0 Å². The third-order valence-corrected chi connectivity index (χ3v) is 5.86. The number of hydrogen-bond donors (Lipinski definition) is 3. The molecule has 0 atom stereocenters. The van der Waals surface area contributed by atoms with Crippen LogP contribution in [0.15, 0.2) is 0 Å². The van der Waals surface area contributed by atoms with Gasteiger partial charge in [0.2, 0.25) is 11.8 Å². The topological polar surface area (TPSA) is 70.2 Å². The van der Waals surface area contributed by atoms with Crippen molar-refractivity contribution < 1.29 is 9.59 Å². The quantitative estimate of drug-likeness (QED) is 0.722. The Kier molecular flexibility index (Phi) is 7.82. The van der Waals surface area contributed by atoms with E-state index >= 15 is 0 Å². The van der Waals surface area contributed by atoms with Crippen molar-refractivity contribution in [1.29, 1.82) is 0 Å². The molecule has 6 heteroatoms. The van der Waals surface area contributed by atoms with E-state index < -0.39 is 0 Å². The fourth-order valence-corrected chi connectivity index (χ4v) is 4.29. The summed E-state index contributed by atoms with van der Waals surface area (Å²) in [5.74, 6) is 0.878. The fraction of sp³-hybridized carbons (Fsp3) is 0.889. The first-order valence-electron chi connectivity index (χ1n) is 9.54. The number of piperidine rings is 1. The molecule has 1 aliphatic heterocycles. The van der Waals surface area contributed by atoms with E-state index in [1.54, 1.807) is 0 Å². The molecule has 24 heavy (non-hydrogen) atoms. The van der Waals surface area contributed by atoms with Gasteiger partial charge in [0.05, 0.1) is 0 Å². The molecule has 1 saturated heterocycles. The van der Waals surface area contributed by atoms with Crippen molar-refractivity contribution in [3.63, 3.8) is 0 Å². The van der Waals surface area contributed by atoms with Crippen LogP contribution in [0.4, 0.5) is 0 Å². The van der Waals surface area contributed by atoms with Gasteiger partial charge in [-0.3, -0.25) is 9.59 Å². The molecule has 3 N–H and O–H groups in total. The Labute approximate surface area is 151 Å². The number of carbonyl (C=O) groups is 2. The normalized spacial score (nSPS) is 28.8. The maximum Gasteiger partial charge on any atom is 0.223 e. The van der Waals surface area contributed by atoms with Crippen LogP contribution in [-0.4, -0.2) is 37.0 Å². The summed E-state index contributed by atoms with van der Waals surface area (Å²) in [7, 11) is 0. The molecule has 2 saturated carbocycles. The predicted molar refractivity (Wildman–Crippen MR) is 97.1 cm³/mol. The average molecular weight is 358 g/mol. The molecule has 0 aromatic heterocycles. The molecule has 3 rings (SSSR count). The maximum absolute atomic E-state index is 12.4. The van der Waals surface area contributed by atoms with Gasteiger partial charge >= 0.3 is 0 Å². The summed E-state index contributed by atoms with van der Waals surface area (Å²) < 4.78 is 0. The highest BCUT2D eigenvalue weighted by atomic mass is 35.5. The van der Waals surface area contributed by atoms with Gasteiger partial charge in [-0.15, -0.1) is 12.4 Å². The van der Waals surface area contributed by atoms with Crippen LogP contribution in [0.25, 0.3) is 0 Å². The first-order chi connectivity index (χ1) is 11.2. The van der Waals surface area contributed by atoms with Crippen molar-refractivity contribution in [3.05, 3.63) is 0 Å². The van der Waals surface area contributed by atoms with Crippen LogP contribution in [-0.2, 0) is 9.59 Å². The van der Waals surface area contributed by atoms with E-state index in [1.165, 1.54) is 12.8 Å². The van der Waals surface area contributed by atoms with E-state index in [4.69, 9.17) is 0 Å². The minimum Gasteiger partial charge on any atom is -0.353 e. The molecular weight excluding hydrogens is 326 g/mol. The largest absolute Gasteiger partial charge is 0.353 e. The standard InChI is InChI=1S/C18H31N3O2.ClH/c22-17(13-3-1-2-4-13)20-15-7-5-14(6-8-15)18(23)21-16-9-11-19-12-10-16;/h13-16,19H,1-12H2,(H,20,22)(H,21,23);1H. The zero-order chi connectivity index (χ0) is 16.1. The molecule has 0 unspecified atom stereocenters. The van der Waals surface area contributed by atoms with Crippen molar-refractivity contribution in [2.24, 2.45) is 11.8 Å². The molecule has 0 aromatic carbocycles. The summed E-state index contributed by atoms with van der Waals surface area (Å²) in [5, 5.41) is 9.77. The highest BCUT2D eigenvalue weighted by molar-refractivity contribution is 5.85. The molecule has 2 amide bonds. The lowest BCUT2D eigenvalue weighted by Gasteiger charge is -2.31. The molecule has 138 valence electrons. The van der Waals surface area contributed by atoms with E-state index in [-0.39, 0.29) is 42.1 Å². The first kappa shape index (κ1) is 19.5. The van der Waals surface area contributed by atoms with Crippen molar-refractivity contribution in [2.75, 3.05) is 13.1 Å². The second-order valence-electron chi connectivity index (χ2n) is 7.57. The van der Waals surface area contributed by atoms with Crippen molar-refractivity contribution in [2.45, 2.75) is 76.3 Å². The summed E-state index contributed by atoms with van der Waals surface area (Å²) in [6.45, 7) is 2.01. The van der Waals surface area contributed by atoms with Gasteiger partial charge in [0.1, 0.15) is 0 Å². The Hall–Kier alpha value is -0.810. The number of halogens is 1. The van der Waals surface area contributed by atoms with Crippen molar-refractivity contribution >= 4 is 24.2 Å². The Morgan fingerprint density at radius 2 is 1.12 bits per heavy atom. The smallest absolute Gasteiger partial charge is 0.223 e. The molecule has 3 aliphatic rings. The first-order valence-corrected chi connectivity index (χ1v) is 9.54. The number of hydrogen-bond acceptors (Lipinski definition) is 3. The van der Waals surface area contributed by atoms with Gasteiger partial charge in [0, 0.05) is 23.9 Å². The summed E-state index contributed by atoms with van der Waals surface area (Å²) >= 11 is 0. The molecule has 2 aliphatic carbocycles. The average Bonchev–Trinajstić information content (AvgIpc) is 3.11. The third kappa shape index (κ3) is 5.35. The number of nitrogens with one attached hydrogen (secondary N) is 3. The summed E-state index contributed by atoms with van der Waals surface area (Å²) in [6, 6.07) is 0.634. The van der Waals surface area contributed by atoms with Crippen LogP contribution in [0.1, 0.15) is 64.2 Å². The maximum atomic E-state index is 12.4. The molecule has 0 radical (unpaired) electrons. The molecule has 0 bridgehead atoms. The van der Waals surface area contributed by atoms with Crippen LogP contribution in [0.2, 0.25) is 0 Å². The summed E-state index contributed by atoms with van der Waals surface area (Å²) in [5.41, 5.74) is 0. The number of amides is 2. The number of rotatable bonds is 4. The Bertz CT molecular complexity index is 412. The zero-order valence-corrected chi connectivity index (χ0v) is 15.3. The van der Waals surface area contributed by atoms with Crippen LogP contribution >= 0.6 is 12.4 Å². The van der Waals surface area contributed by atoms with Crippen LogP contribution < -0.4 is 16.0 Å². The summed E-state index contributed by atoms with van der Waals surface area (Å²) in [6.07, 6.45) is 10.3. The molecular formula is C18H32ClN3O2. The summed E-state index contributed by atoms with van der Waals surface area (Å²) in [4.78, 5) is 24.6. The second kappa shape index (κ2) is 9.62. The fourth-order valence-electron chi connectivity index (χ4n) is 4.29. The van der Waals surface area contributed by atoms with Crippen LogP contribution in [0.3, 0.4) is 0 Å². The SMILES string of the molecule is Cl.O=C(NC1CCC(C(=O)NC2CCNCC2)CC1)C1CCCC1. The van der Waals surface area contributed by atoms with E-state index in [0.29, 0.717) is 6.04 Å². The molecule has 0 spiro atoms. The van der Waals surface area contributed by atoms with E-state index in [1.807, 2.05) is 0 Å². The monoisotopic (exact) mass is 357 g/mol. The predicted octanol–water partition coefficient (Wildman–Crippen LogP) is 2.14. The second-order valence-corrected chi connectivity index (χ2v) is 7.57. The van der Waals surface area contributed by atoms with Gasteiger partial charge in [-0.2, -0.15) is 0 Å². The van der Waals surface area contributed by atoms with E-state index in [9.17, 15) is 9.59 Å². The van der Waals surface area contributed by atoms with E-state index in [0.717, 1.165) is 64.5 Å². The lowest BCUT2D eigenvalue weighted by Crippen LogP contribution is -2.47. The van der Waals surface area contributed by atoms with Crippen molar-refractivity contribution in [1.82, 2.24) is 16.0 Å². The minimum atomic E-state index is 0. The molecule has 5 nitrogen and oxygen atoms in total. The number of carbonyl (C=O) groups excluding carboxylic acids is 2. The Balaban J connectivity index is 0.00000208. The molecule has 1 heterocycles. The van der Waals surface area contributed by atoms with Gasteiger partial charge in [-0.25, -0.2) is 0 Å². The van der Waals surface area contributed by atoms with Gasteiger partial charge < -0.3 is 16.0 Å². The third-order valence-electron chi connectivity index (χ3n) is 5.86.